The van der Waals surface area contributed by atoms with Gasteiger partial charge >= 0.3 is 0 Å². The summed E-state index contributed by atoms with van der Waals surface area (Å²) in [5.74, 6) is 4.02. The number of allylic oxidation sites excluding steroid dienone is 1. The molecule has 0 unspecified atom stereocenters. The highest BCUT2D eigenvalue weighted by Gasteiger charge is 2.23. The second kappa shape index (κ2) is 11.3. The van der Waals surface area contributed by atoms with Gasteiger partial charge in [0.25, 0.3) is 0 Å². The van der Waals surface area contributed by atoms with Gasteiger partial charge in [-0.25, -0.2) is 0 Å². The Hall–Kier alpha value is -5.84. The Morgan fingerprint density at radius 3 is 1.89 bits per heavy atom. The van der Waals surface area contributed by atoms with Gasteiger partial charge in [-0.05, 0) is 103 Å². The zero-order valence-electron chi connectivity index (χ0n) is 26.0. The second-order valence-electron chi connectivity index (χ2n) is 11.9. The number of rotatable bonds is 4. The van der Waals surface area contributed by atoms with Gasteiger partial charge in [-0.2, -0.15) is 0 Å². The van der Waals surface area contributed by atoms with Crippen LogP contribution in [0.3, 0.4) is 0 Å². The highest BCUT2D eigenvalue weighted by molar-refractivity contribution is 6.24. The summed E-state index contributed by atoms with van der Waals surface area (Å²) >= 11 is 0. The molecule has 7 aromatic rings. The largest absolute Gasteiger partial charge is 0.488 e. The summed E-state index contributed by atoms with van der Waals surface area (Å²) in [7, 11) is 0. The Morgan fingerprint density at radius 2 is 1.22 bits per heavy atom. The van der Waals surface area contributed by atoms with Crippen molar-refractivity contribution in [3.63, 3.8) is 0 Å². The lowest BCUT2D eigenvalue weighted by molar-refractivity contribution is 0.389. The quantitative estimate of drug-likeness (QED) is 0.147. The van der Waals surface area contributed by atoms with Gasteiger partial charge in [0.15, 0.2) is 0 Å². The Balaban J connectivity index is 1.53. The van der Waals surface area contributed by atoms with Crippen molar-refractivity contribution in [3.8, 4) is 40.3 Å². The lowest BCUT2D eigenvalue weighted by atomic mass is 9.81. The van der Waals surface area contributed by atoms with Crippen LogP contribution in [0.1, 0.15) is 34.7 Å². The van der Waals surface area contributed by atoms with Crippen LogP contribution in [0.4, 0.5) is 0 Å². The number of ether oxygens (including phenoxy) is 1. The lowest BCUT2D eigenvalue weighted by Gasteiger charge is -2.22. The fourth-order valence-corrected chi connectivity index (χ4v) is 7.25. The molecule has 7 aromatic carbocycles. The van der Waals surface area contributed by atoms with Crippen molar-refractivity contribution in [3.05, 3.63) is 155 Å². The fourth-order valence-electron chi connectivity index (χ4n) is 7.25. The highest BCUT2D eigenvalue weighted by atomic mass is 16.5. The van der Waals surface area contributed by atoms with Crippen molar-refractivity contribution in [1.82, 2.24) is 0 Å². The van der Waals surface area contributed by atoms with Gasteiger partial charge in [-0.3, -0.25) is 0 Å². The highest BCUT2D eigenvalue weighted by Crippen LogP contribution is 2.47. The van der Waals surface area contributed by atoms with Crippen LogP contribution in [0.15, 0.2) is 127 Å². The summed E-state index contributed by atoms with van der Waals surface area (Å²) in [6.07, 6.45) is 12.9. The third-order valence-corrected chi connectivity index (χ3v) is 9.35. The van der Waals surface area contributed by atoms with Crippen LogP contribution in [-0.4, -0.2) is 6.61 Å². The number of fused-ring (bicyclic) bond motifs is 4. The van der Waals surface area contributed by atoms with Gasteiger partial charge in [-0.15, -0.1) is 6.42 Å². The molecule has 1 aliphatic heterocycles. The first kappa shape index (κ1) is 27.7. The molecule has 0 saturated carbocycles. The van der Waals surface area contributed by atoms with Crippen LogP contribution < -0.4 is 4.74 Å². The molecule has 0 saturated heterocycles. The van der Waals surface area contributed by atoms with E-state index in [4.69, 9.17) is 11.2 Å². The first-order valence-corrected chi connectivity index (χ1v) is 15.8. The maximum absolute atomic E-state index is 6.38. The number of terminal acetylenes is 1. The molecule has 0 spiro atoms. The average molecular weight is 589 g/mol. The van der Waals surface area contributed by atoms with E-state index in [9.17, 15) is 0 Å². The standard InChI is InChI=1S/C45H32O/c1-4-15-31-26-42(41(33(5-2)29(31)3)27-32-28-46-43-25-13-12-19-35(32)43)45-39-22-10-8-20-37(39)44(38-21-9-11-23-40(38)45)36-24-14-17-30-16-6-7-18-34(30)36/h2,4,6-27H,28H2,1,3H3/b15-4-,32-27+. The molecule has 0 bridgehead atoms. The SMILES string of the molecule is C#Cc1c(C)c(/C=C\C)cc(-c2c3ccccc3c(-c3cccc4ccccc34)c3ccccc23)c1/C=C1\COc2ccccc21. The van der Waals surface area contributed by atoms with E-state index in [0.717, 1.165) is 44.7 Å². The first-order valence-electron chi connectivity index (χ1n) is 15.8. The van der Waals surface area contributed by atoms with Crippen molar-refractivity contribution in [2.45, 2.75) is 13.8 Å². The van der Waals surface area contributed by atoms with Crippen molar-refractivity contribution in [2.24, 2.45) is 0 Å². The molecule has 0 aromatic heterocycles. The van der Waals surface area contributed by atoms with Crippen LogP contribution >= 0.6 is 0 Å². The summed E-state index contributed by atoms with van der Waals surface area (Å²) in [5.41, 5.74) is 11.2. The molecular weight excluding hydrogens is 556 g/mol. The predicted octanol–water partition coefficient (Wildman–Crippen LogP) is 11.7. The lowest BCUT2D eigenvalue weighted by Crippen LogP contribution is -1.99. The van der Waals surface area contributed by atoms with E-state index in [0.29, 0.717) is 6.61 Å². The van der Waals surface area contributed by atoms with Crippen LogP contribution in [-0.2, 0) is 0 Å². The van der Waals surface area contributed by atoms with Gasteiger partial charge in [0.05, 0.1) is 0 Å². The van der Waals surface area contributed by atoms with E-state index < -0.39 is 0 Å². The monoisotopic (exact) mass is 588 g/mol. The molecule has 0 aliphatic carbocycles. The number of hydrogen-bond acceptors (Lipinski definition) is 1. The van der Waals surface area contributed by atoms with Crippen molar-refractivity contribution >= 4 is 50.0 Å². The van der Waals surface area contributed by atoms with Crippen LogP contribution in [0.5, 0.6) is 5.75 Å². The van der Waals surface area contributed by atoms with Crippen molar-refractivity contribution in [2.75, 3.05) is 6.61 Å². The summed E-state index contributed by atoms with van der Waals surface area (Å²) in [6.45, 7) is 4.70. The molecule has 1 heterocycles. The Labute approximate surface area is 270 Å². The molecule has 8 rings (SSSR count). The van der Waals surface area contributed by atoms with E-state index in [1.54, 1.807) is 0 Å². The van der Waals surface area contributed by atoms with Crippen molar-refractivity contribution < 1.29 is 4.74 Å². The van der Waals surface area contributed by atoms with E-state index >= 15 is 0 Å². The number of hydrogen-bond donors (Lipinski definition) is 0. The van der Waals surface area contributed by atoms with E-state index in [1.807, 2.05) is 12.1 Å². The maximum atomic E-state index is 6.38. The zero-order chi connectivity index (χ0) is 31.2. The minimum absolute atomic E-state index is 0.514. The molecule has 0 N–H and O–H groups in total. The third kappa shape index (κ3) is 4.34. The second-order valence-corrected chi connectivity index (χ2v) is 11.9. The Bertz CT molecular complexity index is 2390. The average Bonchev–Trinajstić information content (AvgIpc) is 3.51. The van der Waals surface area contributed by atoms with Gasteiger partial charge in [0, 0.05) is 16.7 Å². The molecular formula is C45H32O. The van der Waals surface area contributed by atoms with E-state index in [2.05, 4.69) is 147 Å². The molecule has 0 amide bonds. The van der Waals surface area contributed by atoms with Gasteiger partial charge in [-0.1, -0.05) is 127 Å². The summed E-state index contributed by atoms with van der Waals surface area (Å²) < 4.78 is 6.10. The van der Waals surface area contributed by atoms with E-state index in [-0.39, 0.29) is 0 Å². The smallest absolute Gasteiger partial charge is 0.127 e. The molecule has 0 atom stereocenters. The van der Waals surface area contributed by atoms with Crippen LogP contribution in [0.25, 0.3) is 72.3 Å². The predicted molar refractivity (Wildman–Crippen MR) is 197 cm³/mol. The van der Waals surface area contributed by atoms with Crippen LogP contribution in [0.2, 0.25) is 0 Å². The fraction of sp³-hybridized carbons (Fsp3) is 0.0667. The molecule has 46 heavy (non-hydrogen) atoms. The Morgan fingerprint density at radius 1 is 0.652 bits per heavy atom. The summed E-state index contributed by atoms with van der Waals surface area (Å²) in [6, 6.07) is 43.5. The molecule has 0 fully saturated rings. The van der Waals surface area contributed by atoms with Gasteiger partial charge in [0.1, 0.15) is 12.4 Å². The maximum Gasteiger partial charge on any atom is 0.127 e. The molecule has 1 aliphatic rings. The molecule has 1 heteroatoms. The molecule has 218 valence electrons. The molecule has 0 radical (unpaired) electrons. The normalized spacial score (nSPS) is 13.5. The topological polar surface area (TPSA) is 9.23 Å². The van der Waals surface area contributed by atoms with Crippen LogP contribution in [0, 0.1) is 19.3 Å². The minimum atomic E-state index is 0.514. The summed E-state index contributed by atoms with van der Waals surface area (Å²) in [4.78, 5) is 0. The molecule has 1 nitrogen and oxygen atoms in total. The van der Waals surface area contributed by atoms with Crippen molar-refractivity contribution in [1.29, 1.82) is 0 Å². The summed E-state index contributed by atoms with van der Waals surface area (Å²) in [5, 5.41) is 7.32. The minimum Gasteiger partial charge on any atom is -0.488 e. The van der Waals surface area contributed by atoms with Gasteiger partial charge in [0.2, 0.25) is 0 Å². The number of benzene rings is 7. The first-order chi connectivity index (χ1) is 22.7. The number of para-hydroxylation sites is 1. The third-order valence-electron chi connectivity index (χ3n) is 9.35. The Kier molecular flexibility index (Phi) is 6.78. The zero-order valence-corrected chi connectivity index (χ0v) is 26.0. The van der Waals surface area contributed by atoms with Gasteiger partial charge < -0.3 is 4.74 Å². The van der Waals surface area contributed by atoms with E-state index in [1.165, 1.54) is 49.0 Å².